The van der Waals surface area contributed by atoms with E-state index in [1.54, 1.807) is 18.2 Å². The van der Waals surface area contributed by atoms with E-state index in [4.69, 9.17) is 5.73 Å². The summed E-state index contributed by atoms with van der Waals surface area (Å²) in [6, 6.07) is 5.01. The first-order valence-corrected chi connectivity index (χ1v) is 6.43. The van der Waals surface area contributed by atoms with Gasteiger partial charge in [-0.25, -0.2) is 0 Å². The number of anilines is 1. The van der Waals surface area contributed by atoms with Crippen molar-refractivity contribution in [2.75, 3.05) is 18.8 Å². The lowest BCUT2D eigenvalue weighted by molar-refractivity contribution is -0.120. The van der Waals surface area contributed by atoms with Crippen LogP contribution in [0.1, 0.15) is 23.7 Å². The number of benzene rings is 1. The fraction of sp³-hybridized carbons (Fsp3) is 0.333. The fourth-order valence-corrected chi connectivity index (χ4v) is 1.81. The Balaban J connectivity index is 2.50. The first-order chi connectivity index (χ1) is 8.54. The van der Waals surface area contributed by atoms with Crippen LogP contribution in [0.2, 0.25) is 0 Å². The third kappa shape index (κ3) is 4.37. The van der Waals surface area contributed by atoms with Crippen LogP contribution in [0.3, 0.4) is 0 Å². The van der Waals surface area contributed by atoms with Crippen LogP contribution in [0.4, 0.5) is 5.69 Å². The van der Waals surface area contributed by atoms with Crippen molar-refractivity contribution >= 4 is 33.4 Å². The van der Waals surface area contributed by atoms with Crippen molar-refractivity contribution in [3.8, 4) is 0 Å². The summed E-state index contributed by atoms with van der Waals surface area (Å²) in [4.78, 5) is 23.0. The van der Waals surface area contributed by atoms with Gasteiger partial charge in [-0.05, 0) is 41.1 Å². The van der Waals surface area contributed by atoms with E-state index in [9.17, 15) is 9.59 Å². The average molecular weight is 314 g/mol. The van der Waals surface area contributed by atoms with Crippen molar-refractivity contribution in [1.82, 2.24) is 10.6 Å². The Labute approximate surface area is 114 Å². The Kier molecular flexibility index (Phi) is 5.64. The van der Waals surface area contributed by atoms with Crippen molar-refractivity contribution in [2.45, 2.75) is 13.3 Å². The number of amides is 2. The molecule has 1 rings (SSSR count). The lowest BCUT2D eigenvalue weighted by atomic mass is 10.2. The maximum absolute atomic E-state index is 11.8. The van der Waals surface area contributed by atoms with Gasteiger partial charge >= 0.3 is 0 Å². The molecule has 0 heterocycles. The fourth-order valence-electron chi connectivity index (χ4n) is 1.39. The predicted molar refractivity (Wildman–Crippen MR) is 74.2 cm³/mol. The molecule has 0 fully saturated rings. The standard InChI is InChI=1S/C12H16BrN3O2/c1-2-15-11(17)5-6-16-12(18)9-7-8(14)3-4-10(9)13/h3-4,7H,2,5-6,14H2,1H3,(H,15,17)(H,16,18). The molecule has 0 aliphatic heterocycles. The summed E-state index contributed by atoms with van der Waals surface area (Å²) in [7, 11) is 0. The molecule has 0 unspecified atom stereocenters. The van der Waals surface area contributed by atoms with Crippen LogP contribution in [-0.4, -0.2) is 24.9 Å². The highest BCUT2D eigenvalue weighted by Crippen LogP contribution is 2.19. The third-order valence-electron chi connectivity index (χ3n) is 2.25. The van der Waals surface area contributed by atoms with Gasteiger partial charge in [0.1, 0.15) is 0 Å². The van der Waals surface area contributed by atoms with Gasteiger partial charge in [0.15, 0.2) is 0 Å². The highest BCUT2D eigenvalue weighted by molar-refractivity contribution is 9.10. The lowest BCUT2D eigenvalue weighted by Gasteiger charge is -2.07. The summed E-state index contributed by atoms with van der Waals surface area (Å²) in [6.45, 7) is 2.74. The van der Waals surface area contributed by atoms with Crippen molar-refractivity contribution in [3.05, 3.63) is 28.2 Å². The number of carbonyl (C=O) groups excluding carboxylic acids is 2. The van der Waals surface area contributed by atoms with Gasteiger partial charge in [0.2, 0.25) is 5.91 Å². The molecule has 18 heavy (non-hydrogen) atoms. The maximum atomic E-state index is 11.8. The molecule has 2 amide bonds. The summed E-state index contributed by atoms with van der Waals surface area (Å²) in [6.07, 6.45) is 0.263. The van der Waals surface area contributed by atoms with Gasteiger partial charge in [0.25, 0.3) is 5.91 Å². The van der Waals surface area contributed by atoms with E-state index in [0.29, 0.717) is 28.8 Å². The summed E-state index contributed by atoms with van der Waals surface area (Å²) < 4.78 is 0.673. The van der Waals surface area contributed by atoms with Gasteiger partial charge < -0.3 is 16.4 Å². The highest BCUT2D eigenvalue weighted by atomic mass is 79.9. The van der Waals surface area contributed by atoms with E-state index in [2.05, 4.69) is 26.6 Å². The van der Waals surface area contributed by atoms with Gasteiger partial charge in [-0.3, -0.25) is 9.59 Å². The van der Waals surface area contributed by atoms with Crippen molar-refractivity contribution < 1.29 is 9.59 Å². The summed E-state index contributed by atoms with van der Waals surface area (Å²) >= 11 is 3.28. The molecule has 5 nitrogen and oxygen atoms in total. The number of hydrogen-bond acceptors (Lipinski definition) is 3. The number of rotatable bonds is 5. The second-order valence-corrected chi connectivity index (χ2v) is 4.55. The molecule has 0 saturated heterocycles. The Hall–Kier alpha value is -1.56. The van der Waals surface area contributed by atoms with Crippen LogP contribution in [0, 0.1) is 0 Å². The molecule has 1 aromatic rings. The topological polar surface area (TPSA) is 84.2 Å². The lowest BCUT2D eigenvalue weighted by Crippen LogP contribution is -2.30. The van der Waals surface area contributed by atoms with E-state index in [0.717, 1.165) is 0 Å². The quantitative estimate of drug-likeness (QED) is 0.716. The highest BCUT2D eigenvalue weighted by Gasteiger charge is 2.10. The van der Waals surface area contributed by atoms with E-state index in [-0.39, 0.29) is 18.2 Å². The zero-order chi connectivity index (χ0) is 13.5. The van der Waals surface area contributed by atoms with Crippen LogP contribution in [0.5, 0.6) is 0 Å². The normalized spacial score (nSPS) is 9.89. The van der Waals surface area contributed by atoms with Gasteiger partial charge in [0.05, 0.1) is 5.56 Å². The van der Waals surface area contributed by atoms with E-state index < -0.39 is 0 Å². The number of carbonyl (C=O) groups is 2. The Morgan fingerprint density at radius 1 is 1.33 bits per heavy atom. The molecule has 0 aliphatic carbocycles. The van der Waals surface area contributed by atoms with Gasteiger partial charge in [0, 0.05) is 29.7 Å². The molecule has 6 heteroatoms. The zero-order valence-electron chi connectivity index (χ0n) is 10.1. The van der Waals surface area contributed by atoms with Gasteiger partial charge in [-0.2, -0.15) is 0 Å². The molecule has 0 aromatic heterocycles. The molecule has 0 atom stereocenters. The van der Waals surface area contributed by atoms with E-state index in [1.807, 2.05) is 6.92 Å². The Bertz CT molecular complexity index is 449. The minimum atomic E-state index is -0.251. The summed E-state index contributed by atoms with van der Waals surface area (Å²) in [5.41, 5.74) is 6.60. The molecule has 0 spiro atoms. The second kappa shape index (κ2) is 7.00. The Morgan fingerprint density at radius 2 is 2.06 bits per heavy atom. The maximum Gasteiger partial charge on any atom is 0.252 e. The third-order valence-corrected chi connectivity index (χ3v) is 2.94. The second-order valence-electron chi connectivity index (χ2n) is 3.70. The van der Waals surface area contributed by atoms with Crippen molar-refractivity contribution in [2.24, 2.45) is 0 Å². The molecule has 4 N–H and O–H groups in total. The average Bonchev–Trinajstić information content (AvgIpc) is 2.32. The number of hydrogen-bond donors (Lipinski definition) is 3. The number of nitrogens with two attached hydrogens (primary N) is 1. The minimum absolute atomic E-state index is 0.0792. The molecular formula is C12H16BrN3O2. The number of nitrogens with one attached hydrogen (secondary N) is 2. The molecule has 0 aliphatic rings. The molecule has 0 saturated carbocycles. The van der Waals surface area contributed by atoms with Crippen molar-refractivity contribution in [3.63, 3.8) is 0 Å². The molecular weight excluding hydrogens is 298 g/mol. The van der Waals surface area contributed by atoms with Crippen LogP contribution in [0.15, 0.2) is 22.7 Å². The molecule has 98 valence electrons. The SMILES string of the molecule is CCNC(=O)CCNC(=O)c1cc(N)ccc1Br. The molecule has 1 aromatic carbocycles. The number of halogens is 1. The van der Waals surface area contributed by atoms with Crippen LogP contribution >= 0.6 is 15.9 Å². The predicted octanol–water partition coefficient (Wildman–Crippen LogP) is 1.29. The first kappa shape index (κ1) is 14.5. The number of nitrogen functional groups attached to an aromatic ring is 1. The molecule has 0 bridgehead atoms. The summed E-state index contributed by atoms with van der Waals surface area (Å²) in [5.74, 6) is -0.331. The van der Waals surface area contributed by atoms with Crippen molar-refractivity contribution in [1.29, 1.82) is 0 Å². The minimum Gasteiger partial charge on any atom is -0.399 e. The first-order valence-electron chi connectivity index (χ1n) is 5.64. The zero-order valence-corrected chi connectivity index (χ0v) is 11.7. The van der Waals surface area contributed by atoms with Crippen LogP contribution < -0.4 is 16.4 Å². The van der Waals surface area contributed by atoms with Gasteiger partial charge in [-0.15, -0.1) is 0 Å². The van der Waals surface area contributed by atoms with Crippen LogP contribution in [-0.2, 0) is 4.79 Å². The molecule has 0 radical (unpaired) electrons. The monoisotopic (exact) mass is 313 g/mol. The van der Waals surface area contributed by atoms with Gasteiger partial charge in [-0.1, -0.05) is 0 Å². The largest absolute Gasteiger partial charge is 0.399 e. The van der Waals surface area contributed by atoms with Crippen LogP contribution in [0.25, 0.3) is 0 Å². The smallest absolute Gasteiger partial charge is 0.252 e. The summed E-state index contributed by atoms with van der Waals surface area (Å²) in [5, 5.41) is 5.33. The van der Waals surface area contributed by atoms with E-state index >= 15 is 0 Å². The van der Waals surface area contributed by atoms with E-state index in [1.165, 1.54) is 0 Å². The Morgan fingerprint density at radius 3 is 2.72 bits per heavy atom.